The van der Waals surface area contributed by atoms with Gasteiger partial charge in [0, 0.05) is 49.9 Å². The second-order valence-electron chi connectivity index (χ2n) is 11.4. The lowest BCUT2D eigenvalue weighted by Gasteiger charge is -2.27. The summed E-state index contributed by atoms with van der Waals surface area (Å²) in [6.07, 6.45) is 0.202. The molecule has 0 aromatic heterocycles. The number of carboxylic acids is 1. The van der Waals surface area contributed by atoms with Crippen LogP contribution >= 0.6 is 23.2 Å². The average molecular weight is 702 g/mol. The number of halogens is 3. The van der Waals surface area contributed by atoms with E-state index in [1.165, 1.54) is 29.2 Å². The lowest BCUT2D eigenvalue weighted by Crippen LogP contribution is -2.56. The molecule has 1 saturated heterocycles. The van der Waals surface area contributed by atoms with Crippen LogP contribution in [0, 0.1) is 5.82 Å². The Morgan fingerprint density at radius 2 is 1.54 bits per heavy atom. The fraction of sp³-hybridized carbons (Fsp3) is 0.371. The van der Waals surface area contributed by atoms with Crippen molar-refractivity contribution in [2.75, 3.05) is 36.3 Å². The zero-order chi connectivity index (χ0) is 34.5. The molecular weight excluding hydrogens is 662 g/mol. The number of hydrogen-bond acceptors (Lipinski definition) is 6. The summed E-state index contributed by atoms with van der Waals surface area (Å²) >= 11 is 12.0. The first kappa shape index (κ1) is 36.5. The van der Waals surface area contributed by atoms with Gasteiger partial charge in [-0.1, -0.05) is 54.6 Å². The van der Waals surface area contributed by atoms with Crippen LogP contribution in [0.5, 0.6) is 0 Å². The lowest BCUT2D eigenvalue weighted by molar-refractivity contribution is -0.142. The standard InChI is InChI=1S/C35H39Cl2FN4O6/c36-15-18-41(19-16-37)28-9-4-8-26(20-28)22-29(32(43)40-30(34(45)46)21-24-11-13-27(38)14-12-24)39-33(44)31-10-5-17-42(31)35(47)48-23-25-6-2-1-3-7-25/h1-4,6-9,11-14,20,29-31H,5,10,15-19,21-23H2,(H,39,44)(H,40,43)(H,45,46)/t29-,30?,31-/m0/s1. The summed E-state index contributed by atoms with van der Waals surface area (Å²) in [5.74, 6) is -2.30. The molecule has 0 saturated carbocycles. The summed E-state index contributed by atoms with van der Waals surface area (Å²) in [7, 11) is 0. The third kappa shape index (κ3) is 10.6. The monoisotopic (exact) mass is 700 g/mol. The van der Waals surface area contributed by atoms with Gasteiger partial charge in [0.1, 0.15) is 30.5 Å². The van der Waals surface area contributed by atoms with E-state index in [9.17, 15) is 28.7 Å². The van der Waals surface area contributed by atoms with Crippen molar-refractivity contribution < 1.29 is 33.4 Å². The molecule has 0 bridgehead atoms. The molecule has 10 nitrogen and oxygen atoms in total. The minimum absolute atomic E-state index is 0.0229. The lowest BCUT2D eigenvalue weighted by atomic mass is 10.0. The van der Waals surface area contributed by atoms with Gasteiger partial charge in [0.15, 0.2) is 0 Å². The van der Waals surface area contributed by atoms with Gasteiger partial charge >= 0.3 is 12.1 Å². The van der Waals surface area contributed by atoms with Gasteiger partial charge in [-0.15, -0.1) is 23.2 Å². The maximum atomic E-state index is 13.8. The number of carboxylic acid groups (broad SMARTS) is 1. The zero-order valence-corrected chi connectivity index (χ0v) is 27.8. The summed E-state index contributed by atoms with van der Waals surface area (Å²) in [5, 5.41) is 15.3. The molecule has 3 amide bonds. The van der Waals surface area contributed by atoms with Crippen molar-refractivity contribution in [3.8, 4) is 0 Å². The Kier molecular flexibility index (Phi) is 13.9. The first-order valence-electron chi connectivity index (χ1n) is 15.7. The summed E-state index contributed by atoms with van der Waals surface area (Å²) in [4.78, 5) is 56.0. The van der Waals surface area contributed by atoms with E-state index in [2.05, 4.69) is 10.6 Å². The zero-order valence-electron chi connectivity index (χ0n) is 26.3. The number of nitrogens with zero attached hydrogens (tertiary/aromatic N) is 2. The molecule has 3 aromatic carbocycles. The van der Waals surface area contributed by atoms with Gasteiger partial charge in [-0.3, -0.25) is 14.5 Å². The smallest absolute Gasteiger partial charge is 0.410 e. The first-order chi connectivity index (χ1) is 23.2. The predicted molar refractivity (Wildman–Crippen MR) is 182 cm³/mol. The van der Waals surface area contributed by atoms with Gasteiger partial charge in [-0.25, -0.2) is 14.0 Å². The molecule has 1 unspecified atom stereocenters. The van der Waals surface area contributed by atoms with Crippen LogP contribution in [0.15, 0.2) is 78.9 Å². The molecule has 3 atom stereocenters. The molecular formula is C35H39Cl2FN4O6. The minimum Gasteiger partial charge on any atom is -0.480 e. The fourth-order valence-corrected chi connectivity index (χ4v) is 5.96. The molecule has 0 radical (unpaired) electrons. The quantitative estimate of drug-likeness (QED) is 0.184. The highest BCUT2D eigenvalue weighted by Crippen LogP contribution is 2.21. The summed E-state index contributed by atoms with van der Waals surface area (Å²) in [6, 6.07) is 18.4. The van der Waals surface area contributed by atoms with E-state index < -0.39 is 47.8 Å². The van der Waals surface area contributed by atoms with E-state index in [4.69, 9.17) is 27.9 Å². The van der Waals surface area contributed by atoms with Crippen molar-refractivity contribution in [2.24, 2.45) is 0 Å². The van der Waals surface area contributed by atoms with E-state index in [1.54, 1.807) is 6.07 Å². The second kappa shape index (κ2) is 18.3. The van der Waals surface area contributed by atoms with E-state index in [0.717, 1.165) is 11.3 Å². The Labute approximate surface area is 289 Å². The molecule has 1 fully saturated rings. The van der Waals surface area contributed by atoms with Crippen LogP contribution < -0.4 is 15.5 Å². The predicted octanol–water partition coefficient (Wildman–Crippen LogP) is 4.75. The van der Waals surface area contributed by atoms with Gasteiger partial charge in [-0.05, 0) is 53.8 Å². The van der Waals surface area contributed by atoms with E-state index in [0.29, 0.717) is 55.4 Å². The molecule has 256 valence electrons. The Hall–Kier alpha value is -4.35. The topological polar surface area (TPSA) is 128 Å². The second-order valence-corrected chi connectivity index (χ2v) is 12.2. The number of nitrogens with one attached hydrogen (secondary N) is 2. The third-order valence-corrected chi connectivity index (χ3v) is 8.36. The number of hydrogen-bond donors (Lipinski definition) is 3. The highest BCUT2D eigenvalue weighted by molar-refractivity contribution is 6.18. The largest absolute Gasteiger partial charge is 0.480 e. The molecule has 48 heavy (non-hydrogen) atoms. The van der Waals surface area contributed by atoms with Gasteiger partial charge < -0.3 is 25.4 Å². The SMILES string of the molecule is O=C(O)C(Cc1ccc(F)cc1)NC(=O)[C@H](Cc1cccc(N(CCCl)CCCl)c1)NC(=O)[C@@H]1CCCN1C(=O)OCc1ccccc1. The van der Waals surface area contributed by atoms with Crippen LogP contribution in [0.4, 0.5) is 14.9 Å². The molecule has 0 aliphatic carbocycles. The van der Waals surface area contributed by atoms with Crippen molar-refractivity contribution in [1.29, 1.82) is 0 Å². The maximum absolute atomic E-state index is 13.8. The minimum atomic E-state index is -1.35. The molecule has 13 heteroatoms. The van der Waals surface area contributed by atoms with Gasteiger partial charge in [0.2, 0.25) is 11.8 Å². The molecule has 0 spiro atoms. The Morgan fingerprint density at radius 3 is 2.21 bits per heavy atom. The third-order valence-electron chi connectivity index (χ3n) is 8.02. The number of rotatable bonds is 16. The van der Waals surface area contributed by atoms with Crippen LogP contribution in [-0.4, -0.2) is 83.4 Å². The van der Waals surface area contributed by atoms with Crippen molar-refractivity contribution >= 4 is 52.8 Å². The summed E-state index contributed by atoms with van der Waals surface area (Å²) in [6.45, 7) is 1.43. The van der Waals surface area contributed by atoms with E-state index in [-0.39, 0.29) is 19.4 Å². The number of ether oxygens (including phenoxy) is 1. The number of carbonyl (C=O) groups excluding carboxylic acids is 3. The summed E-state index contributed by atoms with van der Waals surface area (Å²) in [5.41, 5.74) is 2.82. The number of likely N-dealkylation sites (tertiary alicyclic amines) is 1. The van der Waals surface area contributed by atoms with Crippen LogP contribution in [-0.2, 0) is 38.6 Å². The number of aliphatic carboxylic acids is 1. The highest BCUT2D eigenvalue weighted by Gasteiger charge is 2.37. The number of benzene rings is 3. The molecule has 3 aromatic rings. The average Bonchev–Trinajstić information content (AvgIpc) is 3.58. The van der Waals surface area contributed by atoms with E-state index in [1.807, 2.05) is 53.4 Å². The fourth-order valence-electron chi connectivity index (χ4n) is 5.56. The van der Waals surface area contributed by atoms with Crippen molar-refractivity contribution in [3.63, 3.8) is 0 Å². The van der Waals surface area contributed by atoms with Crippen molar-refractivity contribution in [3.05, 3.63) is 101 Å². The molecule has 1 aliphatic heterocycles. The number of anilines is 1. The number of alkyl halides is 2. The number of carbonyl (C=O) groups is 4. The van der Waals surface area contributed by atoms with Crippen molar-refractivity contribution in [1.82, 2.24) is 15.5 Å². The number of amides is 3. The van der Waals surface area contributed by atoms with Gasteiger partial charge in [-0.2, -0.15) is 0 Å². The Morgan fingerprint density at radius 1 is 0.875 bits per heavy atom. The first-order valence-corrected chi connectivity index (χ1v) is 16.8. The molecule has 4 rings (SSSR count). The maximum Gasteiger partial charge on any atom is 0.410 e. The molecule has 1 heterocycles. The Bertz CT molecular complexity index is 1520. The Balaban J connectivity index is 1.53. The van der Waals surface area contributed by atoms with Gasteiger partial charge in [0.05, 0.1) is 0 Å². The molecule has 1 aliphatic rings. The van der Waals surface area contributed by atoms with Crippen LogP contribution in [0.2, 0.25) is 0 Å². The van der Waals surface area contributed by atoms with Crippen molar-refractivity contribution in [2.45, 2.75) is 50.4 Å². The summed E-state index contributed by atoms with van der Waals surface area (Å²) < 4.78 is 18.9. The van der Waals surface area contributed by atoms with Crippen LogP contribution in [0.25, 0.3) is 0 Å². The van der Waals surface area contributed by atoms with E-state index >= 15 is 0 Å². The van der Waals surface area contributed by atoms with Gasteiger partial charge in [0.25, 0.3) is 0 Å². The normalized spacial score (nSPS) is 15.3. The highest BCUT2D eigenvalue weighted by atomic mass is 35.5. The van der Waals surface area contributed by atoms with Crippen LogP contribution in [0.1, 0.15) is 29.5 Å². The molecule has 3 N–H and O–H groups in total. The van der Waals surface area contributed by atoms with Crippen LogP contribution in [0.3, 0.4) is 0 Å².